The fourth-order valence-corrected chi connectivity index (χ4v) is 2.24. The van der Waals surface area contributed by atoms with Crippen molar-refractivity contribution in [2.45, 2.75) is 0 Å². The van der Waals surface area contributed by atoms with Crippen LogP contribution in [0.4, 0.5) is 11.8 Å². The van der Waals surface area contributed by atoms with Gasteiger partial charge >= 0.3 is 0 Å². The lowest BCUT2D eigenvalue weighted by molar-refractivity contribution is 0.0822. The average molecular weight is 322 g/mol. The molecule has 122 valence electrons. The van der Waals surface area contributed by atoms with Gasteiger partial charge in [0.15, 0.2) is 0 Å². The summed E-state index contributed by atoms with van der Waals surface area (Å²) in [5, 5.41) is 0. The van der Waals surface area contributed by atoms with E-state index in [9.17, 15) is 4.79 Å². The third-order valence-corrected chi connectivity index (χ3v) is 3.55. The first-order valence-corrected chi connectivity index (χ1v) is 7.49. The molecule has 0 unspecified atom stereocenters. The van der Waals surface area contributed by atoms with Gasteiger partial charge in [0.1, 0.15) is 5.69 Å². The number of hydrogen-bond donors (Lipinski definition) is 0. The molecule has 0 aliphatic heterocycles. The molecule has 0 spiro atoms. The first-order chi connectivity index (χ1) is 11.6. The van der Waals surface area contributed by atoms with Crippen LogP contribution in [0.3, 0.4) is 0 Å². The van der Waals surface area contributed by atoms with Gasteiger partial charge in [0.25, 0.3) is 5.91 Å². The summed E-state index contributed by atoms with van der Waals surface area (Å²) in [6.45, 7) is 0. The van der Waals surface area contributed by atoms with E-state index < -0.39 is 0 Å². The number of amides is 1. The van der Waals surface area contributed by atoms with E-state index in [1.54, 1.807) is 44.4 Å². The fraction of sp³-hybridized carbons (Fsp3) is 0.167. The number of hydrogen-bond acceptors (Lipinski definition) is 5. The SMILES string of the molecule is CN(C)C(=O)c1cc(-c2ccccc2)nc(N(C)c2ccco2)n1. The molecule has 0 fully saturated rings. The Labute approximate surface area is 140 Å². The van der Waals surface area contributed by atoms with Crippen LogP contribution in [0, 0.1) is 0 Å². The van der Waals surface area contributed by atoms with Crippen molar-refractivity contribution in [3.05, 3.63) is 60.5 Å². The zero-order valence-corrected chi connectivity index (χ0v) is 13.8. The van der Waals surface area contributed by atoms with Crippen molar-refractivity contribution < 1.29 is 9.21 Å². The Balaban J connectivity index is 2.11. The topological polar surface area (TPSA) is 62.5 Å². The van der Waals surface area contributed by atoms with E-state index in [0.717, 1.165) is 5.56 Å². The number of furan rings is 1. The summed E-state index contributed by atoms with van der Waals surface area (Å²) in [6.07, 6.45) is 1.58. The van der Waals surface area contributed by atoms with Crippen molar-refractivity contribution in [3.63, 3.8) is 0 Å². The van der Waals surface area contributed by atoms with Crippen LogP contribution in [0.15, 0.2) is 59.2 Å². The molecule has 0 saturated carbocycles. The minimum atomic E-state index is -0.177. The second-order valence-corrected chi connectivity index (χ2v) is 5.51. The van der Waals surface area contributed by atoms with Crippen LogP contribution in [-0.4, -0.2) is 41.9 Å². The highest BCUT2D eigenvalue weighted by Gasteiger charge is 2.18. The Bertz CT molecular complexity index is 829. The van der Waals surface area contributed by atoms with E-state index in [4.69, 9.17) is 4.42 Å². The van der Waals surface area contributed by atoms with Crippen molar-refractivity contribution in [2.75, 3.05) is 26.0 Å². The highest BCUT2D eigenvalue weighted by molar-refractivity contribution is 5.93. The standard InChI is InChI=1S/C18H18N4O2/c1-21(2)17(23)15-12-14(13-8-5-4-6-9-13)19-18(20-15)22(3)16-10-7-11-24-16/h4-12H,1-3H3. The zero-order chi connectivity index (χ0) is 17.1. The fourth-order valence-electron chi connectivity index (χ4n) is 2.24. The molecule has 2 heterocycles. The van der Waals surface area contributed by atoms with Crippen molar-refractivity contribution in [1.82, 2.24) is 14.9 Å². The maximum absolute atomic E-state index is 12.4. The van der Waals surface area contributed by atoms with Gasteiger partial charge in [-0.2, -0.15) is 0 Å². The van der Waals surface area contributed by atoms with Gasteiger partial charge in [0, 0.05) is 32.8 Å². The van der Waals surface area contributed by atoms with Gasteiger partial charge in [-0.25, -0.2) is 9.97 Å². The predicted molar refractivity (Wildman–Crippen MR) is 92.3 cm³/mol. The van der Waals surface area contributed by atoms with Crippen LogP contribution >= 0.6 is 0 Å². The molecule has 6 nitrogen and oxygen atoms in total. The quantitative estimate of drug-likeness (QED) is 0.738. The van der Waals surface area contributed by atoms with E-state index in [1.807, 2.05) is 36.4 Å². The summed E-state index contributed by atoms with van der Waals surface area (Å²) >= 11 is 0. The van der Waals surface area contributed by atoms with Gasteiger partial charge in [0.2, 0.25) is 11.8 Å². The molecule has 3 rings (SSSR count). The van der Waals surface area contributed by atoms with Crippen LogP contribution in [0.25, 0.3) is 11.3 Å². The zero-order valence-electron chi connectivity index (χ0n) is 13.8. The number of nitrogens with zero attached hydrogens (tertiary/aromatic N) is 4. The molecule has 0 aliphatic rings. The van der Waals surface area contributed by atoms with Crippen molar-refractivity contribution >= 4 is 17.7 Å². The van der Waals surface area contributed by atoms with E-state index in [1.165, 1.54) is 4.90 Å². The Hall–Kier alpha value is -3.15. The maximum Gasteiger partial charge on any atom is 0.272 e. The molecule has 24 heavy (non-hydrogen) atoms. The van der Waals surface area contributed by atoms with Crippen LogP contribution in [0.5, 0.6) is 0 Å². The molecular weight excluding hydrogens is 304 g/mol. The molecule has 0 bridgehead atoms. The Morgan fingerprint density at radius 3 is 2.38 bits per heavy atom. The van der Waals surface area contributed by atoms with Crippen molar-refractivity contribution in [2.24, 2.45) is 0 Å². The summed E-state index contributed by atoms with van der Waals surface area (Å²) in [4.78, 5) is 24.6. The van der Waals surface area contributed by atoms with E-state index in [-0.39, 0.29) is 5.91 Å². The summed E-state index contributed by atoms with van der Waals surface area (Å²) in [5.41, 5.74) is 1.94. The van der Waals surface area contributed by atoms with Crippen molar-refractivity contribution in [1.29, 1.82) is 0 Å². The molecular formula is C18H18N4O2. The van der Waals surface area contributed by atoms with Crippen LogP contribution < -0.4 is 4.90 Å². The molecule has 0 radical (unpaired) electrons. The Morgan fingerprint density at radius 1 is 1.00 bits per heavy atom. The Kier molecular flexibility index (Phi) is 4.29. The minimum absolute atomic E-state index is 0.177. The lowest BCUT2D eigenvalue weighted by atomic mass is 10.1. The van der Waals surface area contributed by atoms with E-state index in [2.05, 4.69) is 9.97 Å². The van der Waals surface area contributed by atoms with Gasteiger partial charge in [-0.1, -0.05) is 30.3 Å². The molecule has 0 atom stereocenters. The van der Waals surface area contributed by atoms with Crippen LogP contribution in [0.2, 0.25) is 0 Å². The number of carbonyl (C=O) groups excluding carboxylic acids is 1. The van der Waals surface area contributed by atoms with E-state index in [0.29, 0.717) is 23.2 Å². The molecule has 1 aromatic carbocycles. The number of rotatable bonds is 4. The molecule has 3 aromatic rings. The highest BCUT2D eigenvalue weighted by Crippen LogP contribution is 2.25. The summed E-state index contributed by atoms with van der Waals surface area (Å²) < 4.78 is 5.39. The molecule has 1 amide bonds. The number of aromatic nitrogens is 2. The summed E-state index contributed by atoms with van der Waals surface area (Å²) in [5.74, 6) is 0.823. The second kappa shape index (κ2) is 6.54. The average Bonchev–Trinajstić information content (AvgIpc) is 3.15. The summed E-state index contributed by atoms with van der Waals surface area (Å²) in [7, 11) is 5.19. The molecule has 0 aliphatic carbocycles. The first-order valence-electron chi connectivity index (χ1n) is 7.49. The Morgan fingerprint density at radius 2 is 1.75 bits per heavy atom. The number of carbonyl (C=O) groups is 1. The highest BCUT2D eigenvalue weighted by atomic mass is 16.3. The molecule has 0 N–H and O–H groups in total. The monoisotopic (exact) mass is 322 g/mol. The number of benzene rings is 1. The summed E-state index contributed by atoms with van der Waals surface area (Å²) in [6, 6.07) is 15.0. The maximum atomic E-state index is 12.4. The molecule has 2 aromatic heterocycles. The van der Waals surface area contributed by atoms with Gasteiger partial charge < -0.3 is 9.32 Å². The molecule has 6 heteroatoms. The van der Waals surface area contributed by atoms with Crippen LogP contribution in [-0.2, 0) is 0 Å². The predicted octanol–water partition coefficient (Wildman–Crippen LogP) is 3.21. The lowest BCUT2D eigenvalue weighted by Crippen LogP contribution is -2.24. The van der Waals surface area contributed by atoms with Gasteiger partial charge in [-0.05, 0) is 12.1 Å². The lowest BCUT2D eigenvalue weighted by Gasteiger charge is -2.17. The van der Waals surface area contributed by atoms with Gasteiger partial charge in [-0.15, -0.1) is 0 Å². The first kappa shape index (κ1) is 15.7. The van der Waals surface area contributed by atoms with Gasteiger partial charge in [0.05, 0.1) is 12.0 Å². The second-order valence-electron chi connectivity index (χ2n) is 5.51. The number of anilines is 2. The normalized spacial score (nSPS) is 10.5. The smallest absolute Gasteiger partial charge is 0.272 e. The largest absolute Gasteiger partial charge is 0.448 e. The van der Waals surface area contributed by atoms with Gasteiger partial charge in [-0.3, -0.25) is 9.69 Å². The minimum Gasteiger partial charge on any atom is -0.448 e. The van der Waals surface area contributed by atoms with E-state index >= 15 is 0 Å². The third-order valence-electron chi connectivity index (χ3n) is 3.55. The van der Waals surface area contributed by atoms with Crippen molar-refractivity contribution in [3.8, 4) is 11.3 Å². The molecule has 0 saturated heterocycles. The third kappa shape index (κ3) is 3.12. The van der Waals surface area contributed by atoms with Crippen LogP contribution in [0.1, 0.15) is 10.5 Å².